The van der Waals surface area contributed by atoms with E-state index in [0.717, 1.165) is 36.6 Å². The van der Waals surface area contributed by atoms with Crippen LogP contribution in [0.3, 0.4) is 0 Å². The van der Waals surface area contributed by atoms with Crippen LogP contribution in [0.25, 0.3) is 10.9 Å². The molecular weight excluding hydrogens is 391 g/mol. The molecule has 3 aromatic rings. The topological polar surface area (TPSA) is 52.1 Å². The minimum Gasteiger partial charge on any atom is -0.492 e. The summed E-state index contributed by atoms with van der Waals surface area (Å²) >= 11 is 0. The standard InChI is InChI=1S/C26H29FN2O2/c1-3-31-21-9-11-25(29-16-21)26(30)14-17(2)18-4-6-19(7-5-18)22-12-13-28-24-10-8-20(27)15-23(22)24/h8-13,15-19H,3-7,14H2,1-2H3/t17-,18?,19?/m0/s1. The molecule has 0 aliphatic heterocycles. The number of nitrogens with zero attached hydrogens (tertiary/aromatic N) is 2. The van der Waals surface area contributed by atoms with Crippen LogP contribution in [-0.2, 0) is 0 Å². The molecule has 162 valence electrons. The molecule has 0 spiro atoms. The molecule has 1 atom stereocenters. The zero-order chi connectivity index (χ0) is 21.8. The molecule has 0 radical (unpaired) electrons. The molecule has 0 amide bonds. The van der Waals surface area contributed by atoms with Crippen molar-refractivity contribution in [2.75, 3.05) is 6.61 Å². The fourth-order valence-corrected chi connectivity index (χ4v) is 4.86. The molecule has 2 aromatic heterocycles. The number of carbonyl (C=O) groups is 1. The van der Waals surface area contributed by atoms with E-state index in [1.807, 2.05) is 25.3 Å². The number of carbonyl (C=O) groups excluding carboxylic acids is 1. The highest BCUT2D eigenvalue weighted by molar-refractivity contribution is 5.94. The van der Waals surface area contributed by atoms with E-state index in [2.05, 4.69) is 16.9 Å². The van der Waals surface area contributed by atoms with E-state index in [4.69, 9.17) is 4.74 Å². The summed E-state index contributed by atoms with van der Waals surface area (Å²) in [6, 6.07) is 10.4. The molecule has 0 unspecified atom stereocenters. The molecule has 31 heavy (non-hydrogen) atoms. The monoisotopic (exact) mass is 420 g/mol. The van der Waals surface area contributed by atoms with E-state index >= 15 is 0 Å². The third-order valence-corrected chi connectivity index (χ3v) is 6.59. The number of halogens is 1. The number of benzene rings is 1. The fourth-order valence-electron chi connectivity index (χ4n) is 4.86. The number of ketones is 1. The third kappa shape index (κ3) is 4.92. The predicted octanol–water partition coefficient (Wildman–Crippen LogP) is 6.35. The summed E-state index contributed by atoms with van der Waals surface area (Å²) in [5.41, 5.74) is 2.56. The average Bonchev–Trinajstić information content (AvgIpc) is 2.79. The van der Waals surface area contributed by atoms with Crippen molar-refractivity contribution in [1.82, 2.24) is 9.97 Å². The molecule has 2 heterocycles. The molecule has 0 saturated heterocycles. The molecule has 1 fully saturated rings. The lowest BCUT2D eigenvalue weighted by Gasteiger charge is -2.32. The summed E-state index contributed by atoms with van der Waals surface area (Å²) in [6.45, 7) is 4.68. The Labute approximate surface area is 182 Å². The maximum absolute atomic E-state index is 13.8. The van der Waals surface area contributed by atoms with Gasteiger partial charge in [-0.05, 0) is 92.3 Å². The smallest absolute Gasteiger partial charge is 0.181 e. The van der Waals surface area contributed by atoms with Gasteiger partial charge >= 0.3 is 0 Å². The van der Waals surface area contributed by atoms with E-state index in [1.54, 1.807) is 24.4 Å². The van der Waals surface area contributed by atoms with Gasteiger partial charge in [0.1, 0.15) is 17.3 Å². The Morgan fingerprint density at radius 3 is 2.65 bits per heavy atom. The molecular formula is C26H29FN2O2. The van der Waals surface area contributed by atoms with Crippen LogP contribution in [0.5, 0.6) is 5.75 Å². The van der Waals surface area contributed by atoms with Crippen molar-refractivity contribution in [3.05, 3.63) is 65.9 Å². The van der Waals surface area contributed by atoms with Gasteiger partial charge in [0.15, 0.2) is 5.78 Å². The first kappa shape index (κ1) is 21.4. The van der Waals surface area contributed by atoms with Gasteiger partial charge in [0.25, 0.3) is 0 Å². The van der Waals surface area contributed by atoms with Gasteiger partial charge in [-0.3, -0.25) is 9.78 Å². The Balaban J connectivity index is 1.36. The van der Waals surface area contributed by atoms with Crippen molar-refractivity contribution < 1.29 is 13.9 Å². The van der Waals surface area contributed by atoms with E-state index in [0.29, 0.717) is 42.2 Å². The van der Waals surface area contributed by atoms with Crippen molar-refractivity contribution in [1.29, 1.82) is 0 Å². The SMILES string of the molecule is CCOc1ccc(C(=O)C[C@H](C)C2CCC(c3ccnc4ccc(F)cc34)CC2)nc1. The van der Waals surface area contributed by atoms with Crippen LogP contribution in [0.1, 0.15) is 67.9 Å². The molecule has 5 heteroatoms. The summed E-state index contributed by atoms with van der Waals surface area (Å²) in [6.07, 6.45) is 8.23. The highest BCUT2D eigenvalue weighted by Crippen LogP contribution is 2.41. The van der Waals surface area contributed by atoms with E-state index in [-0.39, 0.29) is 11.6 Å². The Hall–Kier alpha value is -2.82. The minimum absolute atomic E-state index is 0.0910. The average molecular weight is 421 g/mol. The maximum Gasteiger partial charge on any atom is 0.181 e. The second-order valence-electron chi connectivity index (χ2n) is 8.59. The molecule has 0 bridgehead atoms. The summed E-state index contributed by atoms with van der Waals surface area (Å²) < 4.78 is 19.2. The Kier molecular flexibility index (Phi) is 6.59. The summed E-state index contributed by atoms with van der Waals surface area (Å²) in [5.74, 6) is 1.81. The quantitative estimate of drug-likeness (QED) is 0.418. The number of hydrogen-bond donors (Lipinski definition) is 0. The van der Waals surface area contributed by atoms with Gasteiger partial charge in [-0.2, -0.15) is 0 Å². The summed E-state index contributed by atoms with van der Waals surface area (Å²) in [4.78, 5) is 21.3. The largest absolute Gasteiger partial charge is 0.492 e. The highest BCUT2D eigenvalue weighted by Gasteiger charge is 2.28. The summed E-state index contributed by atoms with van der Waals surface area (Å²) in [5, 5.41) is 0.927. The second kappa shape index (κ2) is 9.54. The van der Waals surface area contributed by atoms with Crippen LogP contribution in [0.15, 0.2) is 48.8 Å². The first-order valence-corrected chi connectivity index (χ1v) is 11.2. The zero-order valence-electron chi connectivity index (χ0n) is 18.2. The van der Waals surface area contributed by atoms with Crippen LogP contribution in [-0.4, -0.2) is 22.4 Å². The number of fused-ring (bicyclic) bond motifs is 1. The number of hydrogen-bond acceptors (Lipinski definition) is 4. The first-order chi connectivity index (χ1) is 15.0. The predicted molar refractivity (Wildman–Crippen MR) is 120 cm³/mol. The number of rotatable bonds is 7. The lowest BCUT2D eigenvalue weighted by atomic mass is 9.72. The lowest BCUT2D eigenvalue weighted by molar-refractivity contribution is 0.0932. The Bertz CT molecular complexity index is 1040. The minimum atomic E-state index is -0.217. The van der Waals surface area contributed by atoms with Crippen LogP contribution in [0.2, 0.25) is 0 Å². The lowest BCUT2D eigenvalue weighted by Crippen LogP contribution is -2.22. The Morgan fingerprint density at radius 1 is 1.13 bits per heavy atom. The van der Waals surface area contributed by atoms with Gasteiger partial charge in [-0.1, -0.05) is 6.92 Å². The summed E-state index contributed by atoms with van der Waals surface area (Å²) in [7, 11) is 0. The fraction of sp³-hybridized carbons (Fsp3) is 0.423. The van der Waals surface area contributed by atoms with Gasteiger partial charge in [0.05, 0.1) is 18.3 Å². The van der Waals surface area contributed by atoms with E-state index in [9.17, 15) is 9.18 Å². The van der Waals surface area contributed by atoms with Gasteiger partial charge < -0.3 is 4.74 Å². The zero-order valence-corrected chi connectivity index (χ0v) is 18.2. The first-order valence-electron chi connectivity index (χ1n) is 11.2. The van der Waals surface area contributed by atoms with Gasteiger partial charge in [-0.15, -0.1) is 0 Å². The van der Waals surface area contributed by atoms with Crippen LogP contribution in [0, 0.1) is 17.7 Å². The van der Waals surface area contributed by atoms with Crippen molar-refractivity contribution in [2.24, 2.45) is 11.8 Å². The maximum atomic E-state index is 13.8. The van der Waals surface area contributed by atoms with Crippen molar-refractivity contribution in [3.8, 4) is 5.75 Å². The van der Waals surface area contributed by atoms with Crippen molar-refractivity contribution in [3.63, 3.8) is 0 Å². The Morgan fingerprint density at radius 2 is 1.94 bits per heavy atom. The molecule has 0 N–H and O–H groups in total. The third-order valence-electron chi connectivity index (χ3n) is 6.59. The van der Waals surface area contributed by atoms with E-state index in [1.165, 1.54) is 11.6 Å². The normalized spacial score (nSPS) is 19.8. The van der Waals surface area contributed by atoms with Crippen LogP contribution < -0.4 is 4.74 Å². The molecule has 4 rings (SSSR count). The van der Waals surface area contributed by atoms with E-state index < -0.39 is 0 Å². The number of pyridine rings is 2. The number of Topliss-reactive ketones (excluding diaryl/α,β-unsaturated/α-hetero) is 1. The highest BCUT2D eigenvalue weighted by atomic mass is 19.1. The molecule has 1 aliphatic rings. The van der Waals surface area contributed by atoms with Crippen molar-refractivity contribution >= 4 is 16.7 Å². The van der Waals surface area contributed by atoms with Gasteiger partial charge in [0, 0.05) is 18.0 Å². The van der Waals surface area contributed by atoms with Gasteiger partial charge in [0.2, 0.25) is 0 Å². The second-order valence-corrected chi connectivity index (χ2v) is 8.59. The molecule has 1 aromatic carbocycles. The van der Waals surface area contributed by atoms with Crippen molar-refractivity contribution in [2.45, 2.75) is 51.9 Å². The molecule has 1 saturated carbocycles. The number of aromatic nitrogens is 2. The van der Waals surface area contributed by atoms with Crippen LogP contribution in [0.4, 0.5) is 4.39 Å². The molecule has 4 nitrogen and oxygen atoms in total. The van der Waals surface area contributed by atoms with Gasteiger partial charge in [-0.25, -0.2) is 9.37 Å². The number of ether oxygens (including phenoxy) is 1. The van der Waals surface area contributed by atoms with Crippen LogP contribution >= 0.6 is 0 Å². The molecule has 1 aliphatic carbocycles.